The molecule has 0 radical (unpaired) electrons. The Bertz CT molecular complexity index is 969. The summed E-state index contributed by atoms with van der Waals surface area (Å²) in [6, 6.07) is 16.6. The second-order valence-electron chi connectivity index (χ2n) is 7.69. The highest BCUT2D eigenvalue weighted by molar-refractivity contribution is 6.37. The highest BCUT2D eigenvalue weighted by atomic mass is 35.5. The Kier molecular flexibility index (Phi) is 6.70. The van der Waals surface area contributed by atoms with Crippen LogP contribution in [-0.2, 0) is 14.3 Å². The van der Waals surface area contributed by atoms with Crippen LogP contribution < -0.4 is 4.90 Å². The summed E-state index contributed by atoms with van der Waals surface area (Å²) < 4.78 is 5.39. The van der Waals surface area contributed by atoms with Gasteiger partial charge in [0.1, 0.15) is 5.70 Å². The number of morpholine rings is 1. The predicted molar refractivity (Wildman–Crippen MR) is 122 cm³/mol. The monoisotopic (exact) mass is 439 g/mol. The van der Waals surface area contributed by atoms with Crippen LogP contribution in [-0.4, -0.2) is 68.1 Å². The second-order valence-corrected chi connectivity index (χ2v) is 8.13. The first kappa shape index (κ1) is 21.6. The summed E-state index contributed by atoms with van der Waals surface area (Å²) in [6.07, 6.45) is 0.730. The van der Waals surface area contributed by atoms with Crippen LogP contribution in [0.4, 0.5) is 5.69 Å². The van der Waals surface area contributed by atoms with Crippen molar-refractivity contribution >= 4 is 34.7 Å². The van der Waals surface area contributed by atoms with Crippen LogP contribution in [0.5, 0.6) is 0 Å². The number of hydrogen-bond acceptors (Lipinski definition) is 5. The van der Waals surface area contributed by atoms with E-state index in [1.165, 1.54) is 4.90 Å². The quantitative estimate of drug-likeness (QED) is 0.620. The van der Waals surface area contributed by atoms with E-state index in [0.29, 0.717) is 28.4 Å². The zero-order chi connectivity index (χ0) is 21.8. The van der Waals surface area contributed by atoms with Gasteiger partial charge in [-0.1, -0.05) is 41.9 Å². The van der Waals surface area contributed by atoms with Crippen LogP contribution in [0.15, 0.2) is 60.3 Å². The Hall–Kier alpha value is -2.67. The molecule has 0 saturated carbocycles. The van der Waals surface area contributed by atoms with Crippen molar-refractivity contribution in [2.45, 2.75) is 6.42 Å². The summed E-state index contributed by atoms with van der Waals surface area (Å²) in [5.74, 6) is -0.518. The zero-order valence-corrected chi connectivity index (χ0v) is 18.3. The van der Waals surface area contributed by atoms with Crippen LogP contribution in [0, 0.1) is 0 Å². The molecule has 2 aromatic rings. The number of imide groups is 1. The first-order valence-corrected chi connectivity index (χ1v) is 10.9. The molecule has 0 spiro atoms. The third-order valence-electron chi connectivity index (χ3n) is 5.72. The molecule has 2 heterocycles. The average Bonchev–Trinajstić information content (AvgIpc) is 3.05. The molecule has 0 bridgehead atoms. The SMILES string of the molecule is CN(C1=C(c2ccc(Cl)cc2)C(=O)N(CCCN2CCOCC2)C1=O)c1ccccc1. The van der Waals surface area contributed by atoms with E-state index in [9.17, 15) is 9.59 Å². The van der Waals surface area contributed by atoms with E-state index in [1.807, 2.05) is 37.4 Å². The third-order valence-corrected chi connectivity index (χ3v) is 5.97. The van der Waals surface area contributed by atoms with Crippen molar-refractivity contribution in [1.82, 2.24) is 9.80 Å². The summed E-state index contributed by atoms with van der Waals surface area (Å²) in [5, 5.41) is 0.585. The lowest BCUT2D eigenvalue weighted by Gasteiger charge is -2.27. The lowest BCUT2D eigenvalue weighted by atomic mass is 10.0. The molecule has 6 nitrogen and oxygen atoms in total. The van der Waals surface area contributed by atoms with E-state index in [0.717, 1.165) is 45.0 Å². The number of hydrogen-bond donors (Lipinski definition) is 0. The van der Waals surface area contributed by atoms with Gasteiger partial charge in [-0.3, -0.25) is 19.4 Å². The minimum absolute atomic E-state index is 0.257. The van der Waals surface area contributed by atoms with Crippen LogP contribution in [0.1, 0.15) is 12.0 Å². The number of benzene rings is 2. The van der Waals surface area contributed by atoms with Gasteiger partial charge < -0.3 is 9.64 Å². The number of halogens is 1. The van der Waals surface area contributed by atoms with E-state index in [1.54, 1.807) is 29.2 Å². The summed E-state index contributed by atoms with van der Waals surface area (Å²) in [6.45, 7) is 4.46. The minimum Gasteiger partial charge on any atom is -0.379 e. The molecule has 4 rings (SSSR count). The van der Waals surface area contributed by atoms with Gasteiger partial charge in [-0.15, -0.1) is 0 Å². The van der Waals surface area contributed by atoms with Crippen molar-refractivity contribution in [1.29, 1.82) is 0 Å². The van der Waals surface area contributed by atoms with E-state index in [4.69, 9.17) is 16.3 Å². The van der Waals surface area contributed by atoms with Crippen molar-refractivity contribution in [2.75, 3.05) is 51.3 Å². The van der Waals surface area contributed by atoms with E-state index >= 15 is 0 Å². The standard InChI is InChI=1S/C24H26ClN3O3/c1-26(20-6-3-2-4-7-20)22-21(18-8-10-19(25)11-9-18)23(29)28(24(22)30)13-5-12-27-14-16-31-17-15-27/h2-4,6-11H,5,12-17H2,1H3. The van der Waals surface area contributed by atoms with Gasteiger partial charge in [0.15, 0.2) is 0 Å². The van der Waals surface area contributed by atoms with E-state index < -0.39 is 0 Å². The molecule has 1 fully saturated rings. The normalized spacial score (nSPS) is 17.5. The summed E-state index contributed by atoms with van der Waals surface area (Å²) in [4.78, 5) is 32.3. The number of anilines is 1. The summed E-state index contributed by atoms with van der Waals surface area (Å²) >= 11 is 6.05. The Morgan fingerprint density at radius 3 is 2.29 bits per heavy atom. The Balaban J connectivity index is 1.59. The van der Waals surface area contributed by atoms with Gasteiger partial charge in [-0.05, 0) is 36.2 Å². The van der Waals surface area contributed by atoms with Crippen LogP contribution in [0.2, 0.25) is 5.02 Å². The molecule has 0 N–H and O–H groups in total. The number of carbonyl (C=O) groups excluding carboxylic acids is 2. The van der Waals surface area contributed by atoms with Crippen LogP contribution >= 0.6 is 11.6 Å². The van der Waals surface area contributed by atoms with Crippen molar-refractivity contribution in [3.63, 3.8) is 0 Å². The molecule has 7 heteroatoms. The molecule has 1 saturated heterocycles. The smallest absolute Gasteiger partial charge is 0.278 e. The second kappa shape index (κ2) is 9.64. The molecule has 162 valence electrons. The van der Waals surface area contributed by atoms with E-state index in [2.05, 4.69) is 4.90 Å². The molecule has 0 aliphatic carbocycles. The molecule has 0 aromatic heterocycles. The average molecular weight is 440 g/mol. The van der Waals surface area contributed by atoms with Crippen LogP contribution in [0.25, 0.3) is 5.57 Å². The van der Waals surface area contributed by atoms with E-state index in [-0.39, 0.29) is 11.8 Å². The molecule has 2 amide bonds. The molecule has 0 unspecified atom stereocenters. The van der Waals surface area contributed by atoms with Crippen molar-refractivity contribution in [3.8, 4) is 0 Å². The molecule has 31 heavy (non-hydrogen) atoms. The van der Waals surface area contributed by atoms with Gasteiger partial charge in [-0.25, -0.2) is 0 Å². The summed E-state index contributed by atoms with van der Waals surface area (Å²) in [7, 11) is 1.82. The van der Waals surface area contributed by atoms with Gasteiger partial charge in [0, 0.05) is 43.9 Å². The van der Waals surface area contributed by atoms with Crippen molar-refractivity contribution < 1.29 is 14.3 Å². The van der Waals surface area contributed by atoms with Gasteiger partial charge in [0.2, 0.25) is 0 Å². The first-order valence-electron chi connectivity index (χ1n) is 10.5. The maximum Gasteiger partial charge on any atom is 0.278 e. The molecular weight excluding hydrogens is 414 g/mol. The number of amides is 2. The number of rotatable bonds is 7. The Morgan fingerprint density at radius 2 is 1.61 bits per heavy atom. The maximum atomic E-state index is 13.4. The molecule has 2 aliphatic rings. The number of para-hydroxylation sites is 1. The molecule has 2 aromatic carbocycles. The summed E-state index contributed by atoms with van der Waals surface area (Å²) in [5.41, 5.74) is 2.35. The number of nitrogens with zero attached hydrogens (tertiary/aromatic N) is 3. The van der Waals surface area contributed by atoms with Gasteiger partial charge in [-0.2, -0.15) is 0 Å². The van der Waals surface area contributed by atoms with Gasteiger partial charge in [0.25, 0.3) is 11.8 Å². The Labute approximate surface area is 187 Å². The zero-order valence-electron chi connectivity index (χ0n) is 17.6. The van der Waals surface area contributed by atoms with Crippen LogP contribution in [0.3, 0.4) is 0 Å². The lowest BCUT2D eigenvalue weighted by Crippen LogP contribution is -2.40. The fraction of sp³-hybridized carbons (Fsp3) is 0.333. The maximum absolute atomic E-state index is 13.4. The largest absolute Gasteiger partial charge is 0.379 e. The number of likely N-dealkylation sites (N-methyl/N-ethyl adjacent to an activating group) is 1. The first-order chi connectivity index (χ1) is 15.1. The van der Waals surface area contributed by atoms with Crippen molar-refractivity contribution in [2.24, 2.45) is 0 Å². The minimum atomic E-state index is -0.261. The fourth-order valence-corrected chi connectivity index (χ4v) is 4.14. The third kappa shape index (κ3) is 4.66. The predicted octanol–water partition coefficient (Wildman–Crippen LogP) is 3.28. The molecule has 0 atom stereocenters. The highest BCUT2D eigenvalue weighted by Crippen LogP contribution is 2.34. The number of ether oxygens (including phenoxy) is 1. The molecular formula is C24H26ClN3O3. The van der Waals surface area contributed by atoms with Gasteiger partial charge in [0.05, 0.1) is 18.8 Å². The Morgan fingerprint density at radius 1 is 0.935 bits per heavy atom. The molecule has 2 aliphatic heterocycles. The number of carbonyl (C=O) groups is 2. The fourth-order valence-electron chi connectivity index (χ4n) is 4.01. The topological polar surface area (TPSA) is 53.1 Å². The lowest BCUT2D eigenvalue weighted by molar-refractivity contribution is -0.137. The van der Waals surface area contributed by atoms with Gasteiger partial charge >= 0.3 is 0 Å². The van der Waals surface area contributed by atoms with Crippen molar-refractivity contribution in [3.05, 3.63) is 70.9 Å². The highest BCUT2D eigenvalue weighted by Gasteiger charge is 2.40.